The summed E-state index contributed by atoms with van der Waals surface area (Å²) in [6.07, 6.45) is -1.50. The van der Waals surface area contributed by atoms with Gasteiger partial charge in [-0.15, -0.1) is 0 Å². The van der Waals surface area contributed by atoms with E-state index in [1.54, 1.807) is 7.11 Å². The number of ether oxygens (including phenoxy) is 4. The molecule has 6 nitrogen and oxygen atoms in total. The minimum absolute atomic E-state index is 0.255. The number of benzene rings is 1. The fourth-order valence-corrected chi connectivity index (χ4v) is 2.66. The molecule has 0 aliphatic carbocycles. The number of fused-ring (bicyclic) bond motifs is 1. The van der Waals surface area contributed by atoms with Gasteiger partial charge in [-0.3, -0.25) is 0 Å². The van der Waals surface area contributed by atoms with Gasteiger partial charge in [0.2, 0.25) is 0 Å². The first-order valence-electron chi connectivity index (χ1n) is 6.72. The van der Waals surface area contributed by atoms with Gasteiger partial charge in [0.05, 0.1) is 18.7 Å². The van der Waals surface area contributed by atoms with Gasteiger partial charge < -0.3 is 30.4 Å². The summed E-state index contributed by atoms with van der Waals surface area (Å²) in [4.78, 5) is 0. The van der Waals surface area contributed by atoms with Crippen LogP contribution in [0.1, 0.15) is 11.9 Å². The van der Waals surface area contributed by atoms with E-state index >= 15 is 0 Å². The lowest BCUT2D eigenvalue weighted by atomic mass is 9.94. The summed E-state index contributed by atoms with van der Waals surface area (Å²) in [5.74, 6) is 0. The number of methoxy groups -OCH3 is 1. The van der Waals surface area contributed by atoms with Gasteiger partial charge in [-0.1, -0.05) is 30.3 Å². The topological polar surface area (TPSA) is 89.0 Å². The molecule has 6 atom stereocenters. The molecule has 0 radical (unpaired) electrons. The standard InChI is InChI=1S/C14H20N2O4/c1-17-14-11(16)10(15)12-9(19-14)7-18-13(20-12)8-5-3-2-4-6-8/h2-6,9-14H,7,15-16H2,1H3/t9-,10+,11-,12+,13?,14+/m1/s1. The largest absolute Gasteiger partial charge is 0.354 e. The van der Waals surface area contributed by atoms with Crippen molar-refractivity contribution in [1.82, 2.24) is 0 Å². The second-order valence-corrected chi connectivity index (χ2v) is 5.11. The highest BCUT2D eigenvalue weighted by Crippen LogP contribution is 2.32. The molecule has 1 aromatic carbocycles. The Morgan fingerprint density at radius 2 is 1.85 bits per heavy atom. The third-order valence-electron chi connectivity index (χ3n) is 3.81. The zero-order valence-corrected chi connectivity index (χ0v) is 11.3. The van der Waals surface area contributed by atoms with E-state index in [0.717, 1.165) is 5.56 Å². The van der Waals surface area contributed by atoms with Crippen LogP contribution < -0.4 is 11.5 Å². The Morgan fingerprint density at radius 3 is 2.55 bits per heavy atom. The molecule has 0 aromatic heterocycles. The average Bonchev–Trinajstić information content (AvgIpc) is 2.51. The van der Waals surface area contributed by atoms with Gasteiger partial charge in [-0.05, 0) is 0 Å². The zero-order chi connectivity index (χ0) is 14.1. The van der Waals surface area contributed by atoms with Crippen LogP contribution in [-0.2, 0) is 18.9 Å². The zero-order valence-electron chi connectivity index (χ0n) is 11.3. The van der Waals surface area contributed by atoms with E-state index in [9.17, 15) is 0 Å². The third kappa shape index (κ3) is 2.46. The van der Waals surface area contributed by atoms with Crippen LogP contribution in [0.15, 0.2) is 30.3 Å². The summed E-state index contributed by atoms with van der Waals surface area (Å²) < 4.78 is 22.6. The number of hydrogen-bond donors (Lipinski definition) is 2. The molecule has 0 bridgehead atoms. The molecule has 0 amide bonds. The smallest absolute Gasteiger partial charge is 0.184 e. The first-order valence-corrected chi connectivity index (χ1v) is 6.72. The molecule has 0 saturated carbocycles. The van der Waals surface area contributed by atoms with Crippen molar-refractivity contribution in [3.63, 3.8) is 0 Å². The van der Waals surface area contributed by atoms with E-state index in [-0.39, 0.29) is 18.2 Å². The molecular formula is C14H20N2O4. The van der Waals surface area contributed by atoms with Crippen LogP contribution in [0.3, 0.4) is 0 Å². The fourth-order valence-electron chi connectivity index (χ4n) is 2.66. The summed E-state index contributed by atoms with van der Waals surface area (Å²) in [7, 11) is 1.55. The van der Waals surface area contributed by atoms with Crippen LogP contribution in [-0.4, -0.2) is 44.3 Å². The molecule has 6 heteroatoms. The Labute approximate surface area is 117 Å². The highest BCUT2D eigenvalue weighted by Gasteiger charge is 2.47. The Morgan fingerprint density at radius 1 is 1.10 bits per heavy atom. The van der Waals surface area contributed by atoms with Crippen molar-refractivity contribution in [2.24, 2.45) is 11.5 Å². The summed E-state index contributed by atoms with van der Waals surface area (Å²) >= 11 is 0. The second kappa shape index (κ2) is 5.77. The van der Waals surface area contributed by atoms with Crippen LogP contribution in [0, 0.1) is 0 Å². The second-order valence-electron chi connectivity index (χ2n) is 5.11. The molecule has 110 valence electrons. The lowest BCUT2D eigenvalue weighted by Crippen LogP contribution is -2.67. The lowest BCUT2D eigenvalue weighted by molar-refractivity contribution is -0.321. The van der Waals surface area contributed by atoms with Crippen molar-refractivity contribution in [3.8, 4) is 0 Å². The molecule has 2 heterocycles. The van der Waals surface area contributed by atoms with Gasteiger partial charge in [-0.25, -0.2) is 0 Å². The minimum atomic E-state index is -0.522. The molecule has 4 N–H and O–H groups in total. The van der Waals surface area contributed by atoms with Gasteiger partial charge in [0.15, 0.2) is 12.6 Å². The van der Waals surface area contributed by atoms with Crippen LogP contribution in [0.5, 0.6) is 0 Å². The Bertz CT molecular complexity index is 442. The summed E-state index contributed by atoms with van der Waals surface area (Å²) in [6, 6.07) is 8.97. The Kier molecular flexibility index (Phi) is 4.02. The van der Waals surface area contributed by atoms with Crippen molar-refractivity contribution in [2.45, 2.75) is 36.9 Å². The molecule has 2 fully saturated rings. The summed E-state index contributed by atoms with van der Waals surface area (Å²) in [6.45, 7) is 0.407. The van der Waals surface area contributed by atoms with E-state index in [4.69, 9.17) is 30.4 Å². The Hall–Kier alpha value is -1.02. The van der Waals surface area contributed by atoms with Crippen LogP contribution >= 0.6 is 0 Å². The maximum absolute atomic E-state index is 6.17. The van der Waals surface area contributed by atoms with Gasteiger partial charge in [0.25, 0.3) is 0 Å². The first-order chi connectivity index (χ1) is 9.70. The van der Waals surface area contributed by atoms with Gasteiger partial charge in [-0.2, -0.15) is 0 Å². The normalized spacial score (nSPS) is 41.1. The molecule has 2 aliphatic rings. The number of nitrogens with two attached hydrogens (primary N) is 2. The predicted molar refractivity (Wildman–Crippen MR) is 71.6 cm³/mol. The Balaban J connectivity index is 1.74. The third-order valence-corrected chi connectivity index (χ3v) is 3.81. The molecule has 2 saturated heterocycles. The molecule has 20 heavy (non-hydrogen) atoms. The van der Waals surface area contributed by atoms with Gasteiger partial charge in [0, 0.05) is 12.7 Å². The quantitative estimate of drug-likeness (QED) is 0.800. The predicted octanol–water partition coefficient (Wildman–Crippen LogP) is 0.127. The van der Waals surface area contributed by atoms with E-state index < -0.39 is 18.6 Å². The van der Waals surface area contributed by atoms with Gasteiger partial charge in [0.1, 0.15) is 12.2 Å². The van der Waals surface area contributed by atoms with Crippen molar-refractivity contribution < 1.29 is 18.9 Å². The van der Waals surface area contributed by atoms with Crippen LogP contribution in [0.2, 0.25) is 0 Å². The maximum Gasteiger partial charge on any atom is 0.184 e. The molecule has 1 unspecified atom stereocenters. The molecule has 0 spiro atoms. The number of hydrogen-bond acceptors (Lipinski definition) is 6. The molecule has 1 aromatic rings. The SMILES string of the molecule is CO[C@H]1O[C@@H]2COC(c3ccccc3)O[C@@H]2[C@@H](N)[C@H]1N. The highest BCUT2D eigenvalue weighted by molar-refractivity contribution is 5.16. The molecule has 3 rings (SSSR count). The lowest BCUT2D eigenvalue weighted by Gasteiger charge is -2.47. The van der Waals surface area contributed by atoms with Crippen LogP contribution in [0.25, 0.3) is 0 Å². The van der Waals surface area contributed by atoms with E-state index in [2.05, 4.69) is 0 Å². The summed E-state index contributed by atoms with van der Waals surface area (Å²) in [5, 5.41) is 0. The minimum Gasteiger partial charge on any atom is -0.354 e. The van der Waals surface area contributed by atoms with E-state index in [0.29, 0.717) is 6.61 Å². The van der Waals surface area contributed by atoms with E-state index in [1.807, 2.05) is 30.3 Å². The molecule has 2 aliphatic heterocycles. The molecular weight excluding hydrogens is 260 g/mol. The van der Waals surface area contributed by atoms with Gasteiger partial charge >= 0.3 is 0 Å². The fraction of sp³-hybridized carbons (Fsp3) is 0.571. The first kappa shape index (κ1) is 13.9. The average molecular weight is 280 g/mol. The van der Waals surface area contributed by atoms with Crippen molar-refractivity contribution >= 4 is 0 Å². The van der Waals surface area contributed by atoms with Crippen LogP contribution in [0.4, 0.5) is 0 Å². The monoisotopic (exact) mass is 280 g/mol. The van der Waals surface area contributed by atoms with E-state index in [1.165, 1.54) is 0 Å². The van der Waals surface area contributed by atoms with Crippen molar-refractivity contribution in [3.05, 3.63) is 35.9 Å². The van der Waals surface area contributed by atoms with Crippen molar-refractivity contribution in [2.75, 3.05) is 13.7 Å². The maximum atomic E-state index is 6.17. The highest BCUT2D eigenvalue weighted by atomic mass is 16.7. The number of rotatable bonds is 2. The summed E-state index contributed by atoms with van der Waals surface area (Å²) in [5.41, 5.74) is 13.2. The van der Waals surface area contributed by atoms with Crippen molar-refractivity contribution in [1.29, 1.82) is 0 Å².